The van der Waals surface area contributed by atoms with Gasteiger partial charge in [-0.15, -0.1) is 0 Å². The number of nitrogens with zero attached hydrogens (tertiary/aromatic N) is 1. The second-order valence-electron chi connectivity index (χ2n) is 6.98. The van der Waals surface area contributed by atoms with E-state index < -0.39 is 11.8 Å². The Hall–Kier alpha value is -4.08. The number of nitrogens with one attached hydrogen (secondary N) is 3. The van der Waals surface area contributed by atoms with Crippen LogP contribution in [0.5, 0.6) is 0 Å². The number of hydrogen-bond donors (Lipinski definition) is 3. The van der Waals surface area contributed by atoms with Crippen molar-refractivity contribution in [3.8, 4) is 0 Å². The molecule has 3 aromatic rings. The van der Waals surface area contributed by atoms with Crippen LogP contribution in [-0.4, -0.2) is 23.4 Å². The van der Waals surface area contributed by atoms with Gasteiger partial charge in [-0.3, -0.25) is 25.2 Å². The largest absolute Gasteiger partial charge is 0.469 e. The van der Waals surface area contributed by atoms with E-state index in [9.17, 15) is 14.4 Å². The number of fused-ring (bicyclic) bond motifs is 1. The zero-order valence-electron chi connectivity index (χ0n) is 16.9. The van der Waals surface area contributed by atoms with E-state index in [0.29, 0.717) is 46.8 Å². The number of furan rings is 3. The maximum absolute atomic E-state index is 12.6. The molecule has 10 heteroatoms. The van der Waals surface area contributed by atoms with Gasteiger partial charge in [0.2, 0.25) is 0 Å². The minimum atomic E-state index is -0.607. The van der Waals surface area contributed by atoms with Crippen molar-refractivity contribution in [1.82, 2.24) is 16.3 Å². The van der Waals surface area contributed by atoms with Gasteiger partial charge in [0.05, 0.1) is 23.8 Å². The van der Waals surface area contributed by atoms with E-state index in [2.05, 4.69) is 21.4 Å². The first-order valence-corrected chi connectivity index (χ1v) is 9.63. The Morgan fingerprint density at radius 2 is 1.77 bits per heavy atom. The van der Waals surface area contributed by atoms with Gasteiger partial charge < -0.3 is 13.3 Å². The number of amides is 3. The van der Waals surface area contributed by atoms with E-state index in [1.807, 2.05) is 0 Å². The lowest BCUT2D eigenvalue weighted by Crippen LogP contribution is -2.41. The zero-order valence-corrected chi connectivity index (χ0v) is 16.9. The Morgan fingerprint density at radius 3 is 2.48 bits per heavy atom. The summed E-state index contributed by atoms with van der Waals surface area (Å²) in [4.78, 5) is 36.8. The molecule has 0 radical (unpaired) electrons. The van der Waals surface area contributed by atoms with E-state index in [1.165, 1.54) is 18.6 Å². The van der Waals surface area contributed by atoms with Gasteiger partial charge in [0, 0.05) is 17.5 Å². The molecule has 0 spiro atoms. The Morgan fingerprint density at radius 1 is 0.968 bits per heavy atom. The van der Waals surface area contributed by atoms with Gasteiger partial charge in [-0.05, 0) is 44.9 Å². The first-order valence-electron chi connectivity index (χ1n) is 9.63. The molecule has 0 saturated carbocycles. The molecule has 0 aromatic carbocycles. The van der Waals surface area contributed by atoms with Crippen LogP contribution in [0.4, 0.5) is 0 Å². The summed E-state index contributed by atoms with van der Waals surface area (Å²) < 4.78 is 15.9. The van der Waals surface area contributed by atoms with Crippen LogP contribution >= 0.6 is 0 Å². The fourth-order valence-corrected chi connectivity index (χ4v) is 3.44. The van der Waals surface area contributed by atoms with Crippen LogP contribution < -0.4 is 16.3 Å². The molecule has 0 aliphatic heterocycles. The van der Waals surface area contributed by atoms with Crippen LogP contribution in [0.25, 0.3) is 0 Å². The normalized spacial score (nSPS) is 14.2. The molecule has 1 aliphatic carbocycles. The average molecular weight is 424 g/mol. The van der Waals surface area contributed by atoms with Crippen molar-refractivity contribution >= 4 is 23.4 Å². The van der Waals surface area contributed by atoms with Gasteiger partial charge >= 0.3 is 11.8 Å². The average Bonchev–Trinajstić information content (AvgIpc) is 3.51. The Balaban J connectivity index is 1.50. The van der Waals surface area contributed by atoms with Gasteiger partial charge in [0.15, 0.2) is 11.5 Å². The van der Waals surface area contributed by atoms with Crippen molar-refractivity contribution in [2.24, 2.45) is 5.10 Å². The predicted molar refractivity (Wildman–Crippen MR) is 107 cm³/mol. The van der Waals surface area contributed by atoms with Crippen LogP contribution in [0.1, 0.15) is 67.0 Å². The molecule has 3 amide bonds. The van der Waals surface area contributed by atoms with Crippen molar-refractivity contribution in [2.45, 2.75) is 33.1 Å². The van der Waals surface area contributed by atoms with E-state index >= 15 is 0 Å². The van der Waals surface area contributed by atoms with Crippen LogP contribution in [0.2, 0.25) is 0 Å². The molecule has 3 aromatic heterocycles. The lowest BCUT2D eigenvalue weighted by molar-refractivity contribution is 0.0815. The standard InChI is InChI=1S/C21H20N4O6/c1-11-17-14(22-23-19(26)13-8-10-29-12(13)2)5-3-6-15(17)31-18(11)21(28)25-24-20(27)16-7-4-9-30-16/h4,7-10H,3,5-6H2,1-2H3,(H,23,26)(H,24,27)(H,25,28)/b22-14+. The molecule has 160 valence electrons. The van der Waals surface area contributed by atoms with Crippen LogP contribution in [0.3, 0.4) is 0 Å². The highest BCUT2D eigenvalue weighted by Crippen LogP contribution is 2.29. The summed E-state index contributed by atoms with van der Waals surface area (Å²) in [5.74, 6) is -0.345. The van der Waals surface area contributed by atoms with Gasteiger partial charge in [-0.2, -0.15) is 5.10 Å². The lowest BCUT2D eigenvalue weighted by atomic mass is 9.93. The molecule has 0 unspecified atom stereocenters. The first kappa shape index (κ1) is 20.2. The monoisotopic (exact) mass is 424 g/mol. The summed E-state index contributed by atoms with van der Waals surface area (Å²) in [7, 11) is 0. The van der Waals surface area contributed by atoms with E-state index in [0.717, 1.165) is 6.42 Å². The number of carbonyl (C=O) groups excluding carboxylic acids is 3. The maximum Gasteiger partial charge on any atom is 0.305 e. The SMILES string of the molecule is Cc1occc1C(=O)N/N=C1\CCCc2oc(C(=O)NNC(=O)c3ccco3)c(C)c21. The number of aryl methyl sites for hydroxylation is 2. The number of hydrazone groups is 1. The van der Waals surface area contributed by atoms with Gasteiger partial charge in [0.1, 0.15) is 11.5 Å². The second-order valence-corrected chi connectivity index (χ2v) is 6.98. The predicted octanol–water partition coefficient (Wildman–Crippen LogP) is 2.63. The molecule has 3 heterocycles. The molecule has 0 saturated heterocycles. The van der Waals surface area contributed by atoms with Gasteiger partial charge in [-0.1, -0.05) is 0 Å². The second kappa shape index (κ2) is 8.34. The Bertz CT molecular complexity index is 1170. The van der Waals surface area contributed by atoms with E-state index in [4.69, 9.17) is 13.3 Å². The van der Waals surface area contributed by atoms with Crippen molar-refractivity contribution in [2.75, 3.05) is 0 Å². The quantitative estimate of drug-likeness (QED) is 0.550. The van der Waals surface area contributed by atoms with Crippen LogP contribution in [0.15, 0.2) is 49.1 Å². The van der Waals surface area contributed by atoms with E-state index in [1.54, 1.807) is 26.0 Å². The minimum absolute atomic E-state index is 0.0637. The zero-order chi connectivity index (χ0) is 22.0. The molecule has 3 N–H and O–H groups in total. The molecule has 0 bridgehead atoms. The summed E-state index contributed by atoms with van der Waals surface area (Å²) in [5.41, 5.74) is 9.42. The highest BCUT2D eigenvalue weighted by molar-refractivity contribution is 6.07. The third-order valence-electron chi connectivity index (χ3n) is 4.96. The molecule has 0 atom stereocenters. The smallest absolute Gasteiger partial charge is 0.305 e. The third-order valence-corrected chi connectivity index (χ3v) is 4.96. The minimum Gasteiger partial charge on any atom is -0.469 e. The Labute approximate surface area is 176 Å². The number of hydrazine groups is 1. The van der Waals surface area contributed by atoms with Crippen LogP contribution in [0, 0.1) is 13.8 Å². The topological polar surface area (TPSA) is 139 Å². The fourth-order valence-electron chi connectivity index (χ4n) is 3.44. The fraction of sp³-hybridized carbons (Fsp3) is 0.238. The van der Waals surface area contributed by atoms with Gasteiger partial charge in [-0.25, -0.2) is 5.43 Å². The van der Waals surface area contributed by atoms with Crippen molar-refractivity contribution in [3.05, 3.63) is 70.5 Å². The van der Waals surface area contributed by atoms with Crippen molar-refractivity contribution < 1.29 is 27.6 Å². The van der Waals surface area contributed by atoms with Crippen LogP contribution in [-0.2, 0) is 6.42 Å². The molecule has 31 heavy (non-hydrogen) atoms. The highest BCUT2D eigenvalue weighted by atomic mass is 16.4. The number of carbonyl (C=O) groups is 3. The molecule has 0 fully saturated rings. The van der Waals surface area contributed by atoms with Gasteiger partial charge in [0.25, 0.3) is 5.91 Å². The Kier molecular flexibility index (Phi) is 5.44. The molecular weight excluding hydrogens is 404 g/mol. The summed E-state index contributed by atoms with van der Waals surface area (Å²) in [5, 5.41) is 4.26. The molecule has 4 rings (SSSR count). The van der Waals surface area contributed by atoms with E-state index in [-0.39, 0.29) is 17.4 Å². The first-order chi connectivity index (χ1) is 15.0. The molecule has 1 aliphatic rings. The molecular formula is C21H20N4O6. The lowest BCUT2D eigenvalue weighted by Gasteiger charge is -2.13. The van der Waals surface area contributed by atoms with Crippen molar-refractivity contribution in [1.29, 1.82) is 0 Å². The number of hydrogen-bond acceptors (Lipinski definition) is 7. The number of rotatable bonds is 4. The highest BCUT2D eigenvalue weighted by Gasteiger charge is 2.28. The maximum atomic E-state index is 12.6. The summed E-state index contributed by atoms with van der Waals surface area (Å²) in [6.07, 6.45) is 4.81. The van der Waals surface area contributed by atoms with Crippen molar-refractivity contribution in [3.63, 3.8) is 0 Å². The third kappa shape index (κ3) is 4.00. The molecule has 10 nitrogen and oxygen atoms in total. The summed E-state index contributed by atoms with van der Waals surface area (Å²) >= 11 is 0. The summed E-state index contributed by atoms with van der Waals surface area (Å²) in [6.45, 7) is 3.42. The summed E-state index contributed by atoms with van der Waals surface area (Å²) in [6, 6.07) is 4.61.